The molecule has 0 bridgehead atoms. The molecule has 0 radical (unpaired) electrons. The van der Waals surface area contributed by atoms with Crippen LogP contribution in [0.3, 0.4) is 0 Å². The Kier molecular flexibility index (Phi) is 4.96. The van der Waals surface area contributed by atoms with Gasteiger partial charge in [0, 0.05) is 23.3 Å². The topological polar surface area (TPSA) is 44.4 Å². The zero-order valence-corrected chi connectivity index (χ0v) is 13.8. The van der Waals surface area contributed by atoms with Gasteiger partial charge in [-0.15, -0.1) is 0 Å². The van der Waals surface area contributed by atoms with Crippen LogP contribution in [0.25, 0.3) is 0 Å². The van der Waals surface area contributed by atoms with Crippen LogP contribution in [0.1, 0.15) is 24.9 Å². The number of hydrazine groups is 1. The van der Waals surface area contributed by atoms with Crippen LogP contribution in [0.5, 0.6) is 0 Å². The van der Waals surface area contributed by atoms with Gasteiger partial charge >= 0.3 is 0 Å². The fraction of sp³-hybridized carbons (Fsp3) is 0.278. The van der Waals surface area contributed by atoms with Crippen LogP contribution >= 0.6 is 11.6 Å². The molecule has 3 rings (SSSR count). The maximum Gasteiger partial charge on any atom is 0.245 e. The van der Waals surface area contributed by atoms with Crippen LogP contribution in [0.15, 0.2) is 54.6 Å². The maximum absolute atomic E-state index is 12.8. The zero-order chi connectivity index (χ0) is 16.2. The average Bonchev–Trinajstić information content (AvgIpc) is 3.06. The van der Waals surface area contributed by atoms with E-state index in [-0.39, 0.29) is 18.0 Å². The molecule has 4 nitrogen and oxygen atoms in total. The minimum atomic E-state index is -0.267. The second-order valence-corrected chi connectivity index (χ2v) is 5.98. The van der Waals surface area contributed by atoms with Crippen molar-refractivity contribution in [3.05, 3.63) is 65.2 Å². The van der Waals surface area contributed by atoms with Gasteiger partial charge in [0.1, 0.15) is 6.04 Å². The molecule has 23 heavy (non-hydrogen) atoms. The molecule has 2 aromatic rings. The predicted molar refractivity (Wildman–Crippen MR) is 93.3 cm³/mol. The van der Waals surface area contributed by atoms with Crippen LogP contribution in [-0.4, -0.2) is 18.5 Å². The lowest BCUT2D eigenvalue weighted by Crippen LogP contribution is -2.45. The van der Waals surface area contributed by atoms with Crippen molar-refractivity contribution in [2.45, 2.75) is 25.4 Å². The van der Waals surface area contributed by atoms with Crippen molar-refractivity contribution in [2.24, 2.45) is 0 Å². The molecule has 2 unspecified atom stereocenters. The van der Waals surface area contributed by atoms with Gasteiger partial charge in [0.2, 0.25) is 5.91 Å². The SMILES string of the molecule is CCN(C(=O)C1CC(c2ccccc2Cl)NN1)c1ccccc1. The van der Waals surface area contributed by atoms with Gasteiger partial charge in [0.15, 0.2) is 0 Å². The van der Waals surface area contributed by atoms with Gasteiger partial charge in [-0.2, -0.15) is 0 Å². The Morgan fingerprint density at radius 2 is 1.83 bits per heavy atom. The highest BCUT2D eigenvalue weighted by atomic mass is 35.5. The van der Waals surface area contributed by atoms with E-state index in [9.17, 15) is 4.79 Å². The van der Waals surface area contributed by atoms with Crippen molar-refractivity contribution in [1.82, 2.24) is 10.9 Å². The number of nitrogens with one attached hydrogen (secondary N) is 2. The van der Waals surface area contributed by atoms with Gasteiger partial charge in [0.25, 0.3) is 0 Å². The first kappa shape index (κ1) is 16.0. The lowest BCUT2D eigenvalue weighted by Gasteiger charge is -2.24. The summed E-state index contributed by atoms with van der Waals surface area (Å²) in [7, 11) is 0. The van der Waals surface area contributed by atoms with Gasteiger partial charge < -0.3 is 4.90 Å². The van der Waals surface area contributed by atoms with E-state index >= 15 is 0 Å². The van der Waals surface area contributed by atoms with Gasteiger partial charge in [0.05, 0.1) is 0 Å². The Morgan fingerprint density at radius 1 is 1.13 bits per heavy atom. The number of carbonyl (C=O) groups is 1. The van der Waals surface area contributed by atoms with Crippen molar-refractivity contribution in [2.75, 3.05) is 11.4 Å². The van der Waals surface area contributed by atoms with Gasteiger partial charge in [-0.1, -0.05) is 48.0 Å². The fourth-order valence-corrected chi connectivity index (χ4v) is 3.21. The number of halogens is 1. The van der Waals surface area contributed by atoms with Crippen LogP contribution in [-0.2, 0) is 4.79 Å². The first-order chi connectivity index (χ1) is 11.2. The molecule has 1 aliphatic heterocycles. The van der Waals surface area contributed by atoms with Gasteiger partial charge in [-0.05, 0) is 37.1 Å². The van der Waals surface area contributed by atoms with Crippen LogP contribution in [0.2, 0.25) is 5.02 Å². The number of amides is 1. The molecule has 0 spiro atoms. The molecule has 2 atom stereocenters. The fourth-order valence-electron chi connectivity index (χ4n) is 2.94. The van der Waals surface area contributed by atoms with E-state index in [4.69, 9.17) is 11.6 Å². The van der Waals surface area contributed by atoms with E-state index in [0.29, 0.717) is 13.0 Å². The second-order valence-electron chi connectivity index (χ2n) is 5.57. The molecule has 0 aliphatic carbocycles. The number of anilines is 1. The van der Waals surface area contributed by atoms with E-state index in [0.717, 1.165) is 16.3 Å². The minimum Gasteiger partial charge on any atom is -0.311 e. The predicted octanol–water partition coefficient (Wildman–Crippen LogP) is 3.30. The Balaban J connectivity index is 1.73. The summed E-state index contributed by atoms with van der Waals surface area (Å²) < 4.78 is 0. The van der Waals surface area contributed by atoms with E-state index in [1.165, 1.54) is 0 Å². The van der Waals surface area contributed by atoms with Gasteiger partial charge in [-0.3, -0.25) is 4.79 Å². The number of carbonyl (C=O) groups excluding carboxylic acids is 1. The lowest BCUT2D eigenvalue weighted by molar-refractivity contribution is -0.120. The molecule has 1 fully saturated rings. The molecule has 1 aliphatic rings. The largest absolute Gasteiger partial charge is 0.311 e. The minimum absolute atomic E-state index is 0.0344. The van der Waals surface area contributed by atoms with E-state index in [1.807, 2.05) is 61.5 Å². The number of benzene rings is 2. The van der Waals surface area contributed by atoms with Crippen LogP contribution in [0, 0.1) is 0 Å². The highest BCUT2D eigenvalue weighted by molar-refractivity contribution is 6.31. The quantitative estimate of drug-likeness (QED) is 0.904. The van der Waals surface area contributed by atoms with Crippen LogP contribution < -0.4 is 15.8 Å². The summed E-state index contributed by atoms with van der Waals surface area (Å²) in [6.07, 6.45) is 0.673. The first-order valence-electron chi connectivity index (χ1n) is 7.82. The van der Waals surface area contributed by atoms with Crippen molar-refractivity contribution in [3.8, 4) is 0 Å². The van der Waals surface area contributed by atoms with E-state index < -0.39 is 0 Å². The molecule has 2 N–H and O–H groups in total. The molecule has 2 aromatic carbocycles. The highest BCUT2D eigenvalue weighted by Gasteiger charge is 2.33. The lowest BCUT2D eigenvalue weighted by atomic mass is 10.0. The number of likely N-dealkylation sites (N-methyl/N-ethyl adjacent to an activating group) is 1. The summed E-state index contributed by atoms with van der Waals surface area (Å²) >= 11 is 6.25. The number of hydrogen-bond acceptors (Lipinski definition) is 3. The molecule has 5 heteroatoms. The normalized spacial score (nSPS) is 20.4. The number of nitrogens with zero attached hydrogens (tertiary/aromatic N) is 1. The van der Waals surface area contributed by atoms with Crippen molar-refractivity contribution in [3.63, 3.8) is 0 Å². The Labute approximate surface area is 141 Å². The average molecular weight is 330 g/mol. The summed E-state index contributed by atoms with van der Waals surface area (Å²) in [5.74, 6) is 0.0701. The summed E-state index contributed by atoms with van der Waals surface area (Å²) in [5.41, 5.74) is 8.24. The third-order valence-corrected chi connectivity index (χ3v) is 4.48. The van der Waals surface area contributed by atoms with Crippen molar-refractivity contribution < 1.29 is 4.79 Å². The first-order valence-corrected chi connectivity index (χ1v) is 8.20. The number of rotatable bonds is 4. The molecule has 0 saturated carbocycles. The van der Waals surface area contributed by atoms with Crippen molar-refractivity contribution in [1.29, 1.82) is 0 Å². The van der Waals surface area contributed by atoms with E-state index in [1.54, 1.807) is 4.90 Å². The van der Waals surface area contributed by atoms with Crippen LogP contribution in [0.4, 0.5) is 5.69 Å². The number of para-hydroxylation sites is 1. The molecule has 1 amide bonds. The molecular formula is C18H20ClN3O. The van der Waals surface area contributed by atoms with E-state index in [2.05, 4.69) is 10.9 Å². The second kappa shape index (κ2) is 7.13. The number of hydrogen-bond donors (Lipinski definition) is 2. The third kappa shape index (κ3) is 3.39. The molecule has 120 valence electrons. The summed E-state index contributed by atoms with van der Waals surface area (Å²) in [5, 5.41) is 0.718. The van der Waals surface area contributed by atoms with Gasteiger partial charge in [-0.25, -0.2) is 10.9 Å². The Bertz CT molecular complexity index is 677. The van der Waals surface area contributed by atoms with Crippen molar-refractivity contribution >= 4 is 23.2 Å². The summed E-state index contributed by atoms with van der Waals surface area (Å²) in [4.78, 5) is 14.6. The monoisotopic (exact) mass is 329 g/mol. The third-order valence-electron chi connectivity index (χ3n) is 4.13. The summed E-state index contributed by atoms with van der Waals surface area (Å²) in [6.45, 7) is 2.62. The zero-order valence-electron chi connectivity index (χ0n) is 13.0. The smallest absolute Gasteiger partial charge is 0.245 e. The Hall–Kier alpha value is -1.88. The molecule has 0 aromatic heterocycles. The standard InChI is InChI=1S/C18H20ClN3O/c1-2-22(13-8-4-3-5-9-13)18(23)17-12-16(20-21-17)14-10-6-7-11-15(14)19/h3-11,16-17,20-21H,2,12H2,1H3. The maximum atomic E-state index is 12.8. The molecule has 1 saturated heterocycles. The summed E-state index contributed by atoms with van der Waals surface area (Å²) in [6, 6.07) is 17.2. The molecule has 1 heterocycles. The molecular weight excluding hydrogens is 310 g/mol. The Morgan fingerprint density at radius 3 is 2.52 bits per heavy atom. The highest BCUT2D eigenvalue weighted by Crippen LogP contribution is 2.29.